The molecule has 0 spiro atoms. The normalized spacial score (nSPS) is 9.80. The van der Waals surface area contributed by atoms with E-state index in [-0.39, 0.29) is 17.2 Å². The largest absolute Gasteiger partial charge is 0.321 e. The lowest BCUT2D eigenvalue weighted by molar-refractivity contribution is 0.102. The monoisotopic (exact) mass is 329 g/mol. The van der Waals surface area contributed by atoms with Gasteiger partial charge in [0.25, 0.3) is 11.5 Å². The summed E-state index contributed by atoms with van der Waals surface area (Å²) in [5, 5.41) is 6.69. The van der Waals surface area contributed by atoms with Crippen molar-refractivity contribution in [2.75, 3.05) is 5.32 Å². The van der Waals surface area contributed by atoms with Gasteiger partial charge in [0.05, 0.1) is 0 Å². The molecule has 1 N–H and O–H groups in total. The number of amides is 1. The molecule has 25 heavy (non-hydrogen) atoms. The highest BCUT2D eigenvalue weighted by Crippen LogP contribution is 2.11. The number of rotatable bonds is 2. The van der Waals surface area contributed by atoms with Gasteiger partial charge in [0.2, 0.25) is 0 Å². The molecule has 0 radical (unpaired) electrons. The molecule has 0 fully saturated rings. The van der Waals surface area contributed by atoms with E-state index in [9.17, 15) is 9.59 Å². The van der Waals surface area contributed by atoms with Gasteiger partial charge in [-0.05, 0) is 36.4 Å². The molecule has 0 aliphatic rings. The predicted molar refractivity (Wildman–Crippen MR) is 96.3 cm³/mol. The molecular formula is C20H15N3O2. The lowest BCUT2D eigenvalue weighted by Gasteiger charge is -2.05. The lowest BCUT2D eigenvalue weighted by atomic mass is 10.1. The van der Waals surface area contributed by atoms with Gasteiger partial charge in [0, 0.05) is 29.9 Å². The van der Waals surface area contributed by atoms with Crippen LogP contribution < -0.4 is 10.9 Å². The van der Waals surface area contributed by atoms with E-state index in [0.717, 1.165) is 15.8 Å². The highest BCUT2D eigenvalue weighted by molar-refractivity contribution is 6.02. The van der Waals surface area contributed by atoms with Crippen molar-refractivity contribution in [2.24, 2.45) is 7.05 Å². The van der Waals surface area contributed by atoms with Gasteiger partial charge in [-0.3, -0.25) is 9.59 Å². The van der Waals surface area contributed by atoms with E-state index in [4.69, 9.17) is 0 Å². The van der Waals surface area contributed by atoms with E-state index in [1.54, 1.807) is 12.1 Å². The molecule has 1 heterocycles. The number of carbonyl (C=O) groups is 1. The number of benzene rings is 2. The van der Waals surface area contributed by atoms with Gasteiger partial charge in [-0.15, -0.1) is 0 Å². The van der Waals surface area contributed by atoms with Gasteiger partial charge in [0.1, 0.15) is 5.69 Å². The first-order valence-electron chi connectivity index (χ1n) is 7.65. The summed E-state index contributed by atoms with van der Waals surface area (Å²) in [5.41, 5.74) is 2.22. The Bertz CT molecular complexity index is 1030. The average Bonchev–Trinajstić information content (AvgIpc) is 2.63. The second-order valence-electron chi connectivity index (χ2n) is 5.33. The number of nitrogens with zero attached hydrogens (tertiary/aromatic N) is 2. The lowest BCUT2D eigenvalue weighted by Crippen LogP contribution is -2.23. The molecule has 122 valence electrons. The molecule has 1 amide bonds. The van der Waals surface area contributed by atoms with E-state index >= 15 is 0 Å². The maximum Gasteiger partial charge on any atom is 0.276 e. The molecule has 5 heteroatoms. The van der Waals surface area contributed by atoms with Crippen molar-refractivity contribution in [1.29, 1.82) is 0 Å². The minimum atomic E-state index is -0.385. The van der Waals surface area contributed by atoms with Crippen LogP contribution in [0.4, 0.5) is 5.69 Å². The Morgan fingerprint density at radius 2 is 1.68 bits per heavy atom. The van der Waals surface area contributed by atoms with Crippen molar-refractivity contribution in [1.82, 2.24) is 9.78 Å². The van der Waals surface area contributed by atoms with Crippen LogP contribution in [0.2, 0.25) is 0 Å². The average molecular weight is 329 g/mol. The number of carbonyl (C=O) groups excluding carboxylic acids is 1. The summed E-state index contributed by atoms with van der Waals surface area (Å²) in [4.78, 5) is 23.6. The molecule has 0 aliphatic carbocycles. The molecule has 0 bridgehead atoms. The Morgan fingerprint density at radius 3 is 2.44 bits per heavy atom. The highest BCUT2D eigenvalue weighted by atomic mass is 16.2. The number of hydrogen-bond donors (Lipinski definition) is 1. The minimum absolute atomic E-state index is 0.169. The van der Waals surface area contributed by atoms with Crippen LogP contribution in [0.1, 0.15) is 21.6 Å². The molecule has 0 unspecified atom stereocenters. The zero-order valence-corrected chi connectivity index (χ0v) is 13.6. The summed E-state index contributed by atoms with van der Waals surface area (Å²) >= 11 is 0. The van der Waals surface area contributed by atoms with Crippen molar-refractivity contribution in [2.45, 2.75) is 0 Å². The molecule has 3 aromatic rings. The molecule has 3 rings (SSSR count). The van der Waals surface area contributed by atoms with Gasteiger partial charge in [-0.25, -0.2) is 4.68 Å². The van der Waals surface area contributed by atoms with Crippen molar-refractivity contribution in [3.8, 4) is 11.8 Å². The quantitative estimate of drug-likeness (QED) is 0.735. The second kappa shape index (κ2) is 7.28. The zero-order valence-electron chi connectivity index (χ0n) is 13.6. The maximum absolute atomic E-state index is 12.2. The van der Waals surface area contributed by atoms with Crippen LogP contribution >= 0.6 is 0 Å². The predicted octanol–water partition coefficient (Wildman–Crippen LogP) is 2.43. The molecule has 0 saturated heterocycles. The number of aromatic nitrogens is 2. The molecule has 0 aliphatic heterocycles. The van der Waals surface area contributed by atoms with Crippen LogP contribution in [0.15, 0.2) is 71.5 Å². The zero-order chi connectivity index (χ0) is 17.6. The summed E-state index contributed by atoms with van der Waals surface area (Å²) in [6.45, 7) is 0. The molecule has 2 aromatic carbocycles. The summed E-state index contributed by atoms with van der Waals surface area (Å²) < 4.78 is 1.12. The van der Waals surface area contributed by atoms with Crippen LogP contribution in [0.25, 0.3) is 0 Å². The van der Waals surface area contributed by atoms with Gasteiger partial charge in [-0.1, -0.05) is 36.1 Å². The van der Waals surface area contributed by atoms with Crippen molar-refractivity contribution < 1.29 is 4.79 Å². The standard InChI is InChI=1S/C20H15N3O2/c1-23-19(24)13-12-18(22-23)20(25)21-17-9-5-8-16(14-17)11-10-15-6-3-2-4-7-15/h2-9,12-14H,1H3,(H,21,25). The summed E-state index contributed by atoms with van der Waals surface area (Å²) in [7, 11) is 1.50. The van der Waals surface area contributed by atoms with Crippen molar-refractivity contribution in [3.05, 3.63) is 93.9 Å². The Kier molecular flexibility index (Phi) is 4.72. The molecule has 1 aromatic heterocycles. The van der Waals surface area contributed by atoms with Crippen LogP contribution in [0.5, 0.6) is 0 Å². The summed E-state index contributed by atoms with van der Waals surface area (Å²) in [6, 6.07) is 19.6. The molecular weight excluding hydrogens is 314 g/mol. The van der Waals surface area contributed by atoms with E-state index in [1.807, 2.05) is 42.5 Å². The van der Waals surface area contributed by atoms with E-state index in [0.29, 0.717) is 5.69 Å². The van der Waals surface area contributed by atoms with Crippen molar-refractivity contribution >= 4 is 11.6 Å². The Labute approximate surface area is 144 Å². The third kappa shape index (κ3) is 4.21. The minimum Gasteiger partial charge on any atom is -0.321 e. The molecule has 0 saturated carbocycles. The van der Waals surface area contributed by atoms with E-state index < -0.39 is 0 Å². The summed E-state index contributed by atoms with van der Waals surface area (Å²) in [6.07, 6.45) is 0. The van der Waals surface area contributed by atoms with Gasteiger partial charge < -0.3 is 5.32 Å². The number of aryl methyl sites for hydroxylation is 1. The second-order valence-corrected chi connectivity index (χ2v) is 5.33. The Balaban J connectivity index is 1.77. The van der Waals surface area contributed by atoms with Gasteiger partial charge in [0.15, 0.2) is 0 Å². The number of anilines is 1. The first-order chi connectivity index (χ1) is 12.1. The van der Waals surface area contributed by atoms with E-state index in [1.165, 1.54) is 19.2 Å². The fourth-order valence-corrected chi connectivity index (χ4v) is 2.16. The SMILES string of the molecule is Cn1nc(C(=O)Nc2cccc(C#Cc3ccccc3)c2)ccc1=O. The van der Waals surface area contributed by atoms with Crippen LogP contribution in [0, 0.1) is 11.8 Å². The van der Waals surface area contributed by atoms with Crippen LogP contribution in [0.3, 0.4) is 0 Å². The highest BCUT2D eigenvalue weighted by Gasteiger charge is 2.09. The van der Waals surface area contributed by atoms with Crippen molar-refractivity contribution in [3.63, 3.8) is 0 Å². The molecule has 0 atom stereocenters. The first-order valence-corrected chi connectivity index (χ1v) is 7.65. The fourth-order valence-electron chi connectivity index (χ4n) is 2.16. The number of nitrogens with one attached hydrogen (secondary N) is 1. The van der Waals surface area contributed by atoms with Gasteiger partial charge in [-0.2, -0.15) is 5.10 Å². The van der Waals surface area contributed by atoms with Gasteiger partial charge >= 0.3 is 0 Å². The smallest absolute Gasteiger partial charge is 0.276 e. The Hall–Kier alpha value is -3.65. The fraction of sp³-hybridized carbons (Fsp3) is 0.0500. The van der Waals surface area contributed by atoms with Crippen LogP contribution in [-0.2, 0) is 7.05 Å². The maximum atomic E-state index is 12.2. The third-order valence-corrected chi connectivity index (χ3v) is 3.44. The first kappa shape index (κ1) is 16.2. The van der Waals surface area contributed by atoms with Crippen LogP contribution in [-0.4, -0.2) is 15.7 Å². The summed E-state index contributed by atoms with van der Waals surface area (Å²) in [5.74, 6) is 5.76. The van der Waals surface area contributed by atoms with E-state index in [2.05, 4.69) is 22.3 Å². The Morgan fingerprint density at radius 1 is 0.960 bits per heavy atom. The topological polar surface area (TPSA) is 64.0 Å². The number of hydrogen-bond acceptors (Lipinski definition) is 3. The third-order valence-electron chi connectivity index (χ3n) is 3.44. The molecule has 5 nitrogen and oxygen atoms in total.